The molecule has 1 unspecified atom stereocenters. The van der Waals surface area contributed by atoms with Crippen molar-refractivity contribution in [3.8, 4) is 0 Å². The predicted octanol–water partition coefficient (Wildman–Crippen LogP) is 4.43. The normalized spacial score (nSPS) is 18.3. The highest BCUT2D eigenvalue weighted by Crippen LogP contribution is 2.32. The van der Waals surface area contributed by atoms with Gasteiger partial charge in [0, 0.05) is 21.6 Å². The maximum absolute atomic E-state index is 12.5. The SMILES string of the molecule is Cc1nc(/C=C/C(=O)N2CCCC2c2ccc(I)cc2)cs1. The number of amides is 1. The van der Waals surface area contributed by atoms with Crippen molar-refractivity contribution in [2.45, 2.75) is 25.8 Å². The number of aromatic nitrogens is 1. The molecular weight excluding hydrogens is 407 g/mol. The first-order valence-electron chi connectivity index (χ1n) is 7.30. The third-order valence-corrected chi connectivity index (χ3v) is 5.34. The molecule has 1 saturated heterocycles. The summed E-state index contributed by atoms with van der Waals surface area (Å²) >= 11 is 3.90. The van der Waals surface area contributed by atoms with E-state index in [9.17, 15) is 4.79 Å². The van der Waals surface area contributed by atoms with Gasteiger partial charge in [0.25, 0.3) is 0 Å². The second kappa shape index (κ2) is 6.91. The van der Waals surface area contributed by atoms with Crippen LogP contribution in [0, 0.1) is 10.5 Å². The molecule has 0 saturated carbocycles. The maximum Gasteiger partial charge on any atom is 0.247 e. The molecule has 22 heavy (non-hydrogen) atoms. The summed E-state index contributed by atoms with van der Waals surface area (Å²) in [6.45, 7) is 2.80. The summed E-state index contributed by atoms with van der Waals surface area (Å²) in [4.78, 5) is 18.8. The van der Waals surface area contributed by atoms with Crippen LogP contribution in [0.5, 0.6) is 0 Å². The smallest absolute Gasteiger partial charge is 0.247 e. The van der Waals surface area contributed by atoms with Crippen molar-refractivity contribution in [1.82, 2.24) is 9.88 Å². The molecule has 5 heteroatoms. The van der Waals surface area contributed by atoms with E-state index in [-0.39, 0.29) is 11.9 Å². The van der Waals surface area contributed by atoms with Gasteiger partial charge in [0.05, 0.1) is 16.7 Å². The van der Waals surface area contributed by atoms with E-state index in [1.54, 1.807) is 17.4 Å². The number of benzene rings is 1. The topological polar surface area (TPSA) is 33.2 Å². The molecule has 1 atom stereocenters. The number of thiazole rings is 1. The molecule has 1 aromatic heterocycles. The first kappa shape index (κ1) is 15.7. The number of nitrogens with zero attached hydrogens (tertiary/aromatic N) is 2. The van der Waals surface area contributed by atoms with E-state index in [2.05, 4.69) is 51.8 Å². The molecule has 3 nitrogen and oxygen atoms in total. The van der Waals surface area contributed by atoms with Gasteiger partial charge in [-0.25, -0.2) is 4.98 Å². The third-order valence-electron chi connectivity index (χ3n) is 3.82. The van der Waals surface area contributed by atoms with Crippen molar-refractivity contribution in [3.05, 3.63) is 55.6 Å². The number of likely N-dealkylation sites (tertiary alicyclic amines) is 1. The monoisotopic (exact) mass is 424 g/mol. The van der Waals surface area contributed by atoms with E-state index in [1.165, 1.54) is 9.13 Å². The Morgan fingerprint density at radius 3 is 2.86 bits per heavy atom. The van der Waals surface area contributed by atoms with Gasteiger partial charge in [0.1, 0.15) is 0 Å². The van der Waals surface area contributed by atoms with Gasteiger partial charge in [0.2, 0.25) is 5.91 Å². The van der Waals surface area contributed by atoms with Gasteiger partial charge >= 0.3 is 0 Å². The van der Waals surface area contributed by atoms with Crippen molar-refractivity contribution in [3.63, 3.8) is 0 Å². The lowest BCUT2D eigenvalue weighted by Crippen LogP contribution is -2.28. The van der Waals surface area contributed by atoms with Crippen LogP contribution >= 0.6 is 33.9 Å². The maximum atomic E-state index is 12.5. The van der Waals surface area contributed by atoms with E-state index in [4.69, 9.17) is 0 Å². The first-order chi connectivity index (χ1) is 10.6. The fourth-order valence-corrected chi connectivity index (χ4v) is 3.71. The fraction of sp³-hybridized carbons (Fsp3) is 0.294. The Morgan fingerprint density at radius 1 is 1.41 bits per heavy atom. The zero-order chi connectivity index (χ0) is 15.5. The zero-order valence-electron chi connectivity index (χ0n) is 12.3. The minimum absolute atomic E-state index is 0.0757. The Bertz CT molecular complexity index is 693. The lowest BCUT2D eigenvalue weighted by Gasteiger charge is -2.23. The van der Waals surface area contributed by atoms with Crippen LogP contribution in [0.4, 0.5) is 0 Å². The highest BCUT2D eigenvalue weighted by atomic mass is 127. The van der Waals surface area contributed by atoms with E-state index in [0.717, 1.165) is 30.1 Å². The number of hydrogen-bond donors (Lipinski definition) is 0. The van der Waals surface area contributed by atoms with E-state index < -0.39 is 0 Å². The third kappa shape index (κ3) is 3.57. The van der Waals surface area contributed by atoms with Crippen LogP contribution in [0.25, 0.3) is 6.08 Å². The minimum Gasteiger partial charge on any atom is -0.332 e. The number of rotatable bonds is 3. The average molecular weight is 424 g/mol. The number of hydrogen-bond acceptors (Lipinski definition) is 3. The van der Waals surface area contributed by atoms with Crippen LogP contribution in [0.3, 0.4) is 0 Å². The van der Waals surface area contributed by atoms with Crippen LogP contribution in [0.15, 0.2) is 35.7 Å². The summed E-state index contributed by atoms with van der Waals surface area (Å²) in [5.41, 5.74) is 2.09. The van der Waals surface area contributed by atoms with Gasteiger partial charge in [-0.3, -0.25) is 4.79 Å². The Hall–Kier alpha value is -1.21. The van der Waals surface area contributed by atoms with E-state index in [0.29, 0.717) is 0 Å². The van der Waals surface area contributed by atoms with Crippen LogP contribution in [-0.4, -0.2) is 22.3 Å². The minimum atomic E-state index is 0.0757. The summed E-state index contributed by atoms with van der Waals surface area (Å²) in [7, 11) is 0. The number of halogens is 1. The van der Waals surface area contributed by atoms with Gasteiger partial charge < -0.3 is 4.90 Å². The van der Waals surface area contributed by atoms with Crippen molar-refractivity contribution in [2.24, 2.45) is 0 Å². The zero-order valence-corrected chi connectivity index (χ0v) is 15.3. The number of aryl methyl sites for hydroxylation is 1. The standard InChI is InChI=1S/C17H17IN2OS/c1-12-19-15(11-22-12)8-9-17(21)20-10-2-3-16(20)13-4-6-14(18)7-5-13/h4-9,11,16H,2-3,10H2,1H3/b9-8+. The second-order valence-electron chi connectivity index (χ2n) is 5.37. The molecule has 0 radical (unpaired) electrons. The second-order valence-corrected chi connectivity index (χ2v) is 7.67. The van der Waals surface area contributed by atoms with Crippen LogP contribution in [0.2, 0.25) is 0 Å². The summed E-state index contributed by atoms with van der Waals surface area (Å²) in [6, 6.07) is 8.67. The summed E-state index contributed by atoms with van der Waals surface area (Å²) in [5.74, 6) is 0.0757. The molecule has 0 bridgehead atoms. The summed E-state index contributed by atoms with van der Waals surface area (Å²) in [5, 5.41) is 2.99. The van der Waals surface area contributed by atoms with Crippen LogP contribution in [0.1, 0.15) is 35.1 Å². The molecule has 1 aliphatic rings. The van der Waals surface area contributed by atoms with Gasteiger partial charge in [-0.15, -0.1) is 11.3 Å². The summed E-state index contributed by atoms with van der Waals surface area (Å²) < 4.78 is 1.22. The van der Waals surface area contributed by atoms with Crippen molar-refractivity contribution in [1.29, 1.82) is 0 Å². The van der Waals surface area contributed by atoms with Gasteiger partial charge in [-0.2, -0.15) is 0 Å². The molecule has 114 valence electrons. The first-order valence-corrected chi connectivity index (χ1v) is 9.25. The molecule has 0 aliphatic carbocycles. The van der Waals surface area contributed by atoms with Crippen molar-refractivity contribution in [2.75, 3.05) is 6.54 Å². The molecule has 3 rings (SSSR count). The van der Waals surface area contributed by atoms with Gasteiger partial charge in [-0.1, -0.05) is 12.1 Å². The van der Waals surface area contributed by atoms with E-state index >= 15 is 0 Å². The molecule has 1 amide bonds. The highest BCUT2D eigenvalue weighted by Gasteiger charge is 2.28. The molecule has 1 aromatic carbocycles. The molecule has 2 heterocycles. The Labute approximate surface area is 148 Å². The van der Waals surface area contributed by atoms with Crippen LogP contribution < -0.4 is 0 Å². The molecular formula is C17H17IN2OS. The Balaban J connectivity index is 1.73. The molecule has 1 fully saturated rings. The molecule has 1 aliphatic heterocycles. The lowest BCUT2D eigenvalue weighted by molar-refractivity contribution is -0.126. The van der Waals surface area contributed by atoms with Crippen LogP contribution in [-0.2, 0) is 4.79 Å². The van der Waals surface area contributed by atoms with Gasteiger partial charge in [0.15, 0.2) is 0 Å². The van der Waals surface area contributed by atoms with Crippen molar-refractivity contribution >= 4 is 45.9 Å². The van der Waals surface area contributed by atoms with Gasteiger partial charge in [-0.05, 0) is 66.1 Å². The lowest BCUT2D eigenvalue weighted by atomic mass is 10.0. The van der Waals surface area contributed by atoms with E-state index in [1.807, 2.05) is 23.3 Å². The number of carbonyl (C=O) groups excluding carboxylic acids is 1. The quantitative estimate of drug-likeness (QED) is 0.540. The largest absolute Gasteiger partial charge is 0.332 e. The fourth-order valence-electron chi connectivity index (χ4n) is 2.77. The number of carbonyl (C=O) groups is 1. The predicted molar refractivity (Wildman–Crippen MR) is 98.7 cm³/mol. The average Bonchev–Trinajstić information content (AvgIpc) is 3.14. The summed E-state index contributed by atoms with van der Waals surface area (Å²) in [6.07, 6.45) is 5.57. The highest BCUT2D eigenvalue weighted by molar-refractivity contribution is 14.1. The van der Waals surface area contributed by atoms with Crippen molar-refractivity contribution < 1.29 is 4.79 Å². The molecule has 2 aromatic rings. The Kier molecular flexibility index (Phi) is 4.93. The molecule has 0 spiro atoms. The molecule has 0 N–H and O–H groups in total. The Morgan fingerprint density at radius 2 is 2.18 bits per heavy atom.